The lowest BCUT2D eigenvalue weighted by atomic mass is 9.59. The average molecular weight is 612 g/mol. The van der Waals surface area contributed by atoms with Gasteiger partial charge < -0.3 is 5.11 Å². The number of aryl methyl sites for hydroxylation is 1. The molecule has 12 heteroatoms. The summed E-state index contributed by atoms with van der Waals surface area (Å²) >= 11 is 6.18. The predicted octanol–water partition coefficient (Wildman–Crippen LogP) is 5.25. The molecule has 2 amide bonds. The van der Waals surface area contributed by atoms with Crippen LogP contribution in [-0.2, 0) is 25.4 Å². The van der Waals surface area contributed by atoms with Gasteiger partial charge in [0.15, 0.2) is 17.4 Å². The van der Waals surface area contributed by atoms with Crippen molar-refractivity contribution in [3.8, 4) is 5.75 Å². The number of aromatic nitrogens is 1. The SMILES string of the molecule is CC1=CC(=O)C2=C(C1=O)[C@@H](c1cccc(C)c1O)C1=CC[C@@H]3C(=O)N(N(C)c4nc(C(F)(F)F)ccc4Cl)C(=O)[C@@H]3[C@@H]1C2. The van der Waals surface area contributed by atoms with Crippen LogP contribution < -0.4 is 5.01 Å². The molecule has 0 unspecified atom stereocenters. The number of hydrazine groups is 1. The molecule has 2 aromatic rings. The number of aromatic hydroxyl groups is 1. The molecule has 0 radical (unpaired) electrons. The van der Waals surface area contributed by atoms with E-state index in [9.17, 15) is 37.5 Å². The second kappa shape index (κ2) is 9.90. The van der Waals surface area contributed by atoms with Crippen LogP contribution in [0, 0.1) is 24.7 Å². The van der Waals surface area contributed by atoms with Crippen molar-refractivity contribution in [2.45, 2.75) is 38.8 Å². The van der Waals surface area contributed by atoms with Crippen molar-refractivity contribution in [1.82, 2.24) is 9.99 Å². The number of anilines is 1. The zero-order valence-corrected chi connectivity index (χ0v) is 24.0. The number of para-hydroxylation sites is 1. The van der Waals surface area contributed by atoms with E-state index >= 15 is 0 Å². The van der Waals surface area contributed by atoms with Crippen LogP contribution in [0.5, 0.6) is 5.75 Å². The van der Waals surface area contributed by atoms with Gasteiger partial charge in [0.1, 0.15) is 11.4 Å². The molecule has 3 aliphatic carbocycles. The number of allylic oxidation sites excluding steroid dienone is 6. The number of nitrogens with zero attached hydrogens (tertiary/aromatic N) is 3. The summed E-state index contributed by atoms with van der Waals surface area (Å²) in [7, 11) is 1.24. The number of ketones is 2. The second-order valence-electron chi connectivity index (χ2n) is 11.3. The maximum Gasteiger partial charge on any atom is 0.433 e. The van der Waals surface area contributed by atoms with Crippen LogP contribution in [0.15, 0.2) is 64.8 Å². The Hall–Kier alpha value is -4.25. The Morgan fingerprint density at radius 1 is 1.05 bits per heavy atom. The number of hydrogen-bond acceptors (Lipinski definition) is 7. The first-order chi connectivity index (χ1) is 20.2. The number of imide groups is 1. The average Bonchev–Trinajstić information content (AvgIpc) is 3.21. The van der Waals surface area contributed by atoms with E-state index in [0.717, 1.165) is 16.1 Å². The van der Waals surface area contributed by atoms with Crippen LogP contribution in [0.3, 0.4) is 0 Å². The van der Waals surface area contributed by atoms with Crippen LogP contribution in [0.1, 0.15) is 42.5 Å². The molecule has 1 aromatic heterocycles. The molecule has 0 saturated carbocycles. The summed E-state index contributed by atoms with van der Waals surface area (Å²) in [5.41, 5.74) is 1.09. The molecule has 6 rings (SSSR count). The molecule has 1 aromatic carbocycles. The molecule has 4 aliphatic rings. The van der Waals surface area contributed by atoms with Crippen LogP contribution in [0.4, 0.5) is 19.0 Å². The fourth-order valence-electron chi connectivity index (χ4n) is 6.82. The Bertz CT molecular complexity index is 1740. The number of hydrogen-bond donors (Lipinski definition) is 1. The number of Topliss-reactive ketones (excluding diaryl/α,β-unsaturated/α-hetero) is 1. The van der Waals surface area contributed by atoms with E-state index in [1.807, 2.05) is 0 Å². The Labute approximate surface area is 249 Å². The summed E-state index contributed by atoms with van der Waals surface area (Å²) in [6.07, 6.45) is -1.62. The minimum atomic E-state index is -4.79. The lowest BCUT2D eigenvalue weighted by Gasteiger charge is -2.42. The summed E-state index contributed by atoms with van der Waals surface area (Å²) in [5, 5.41) is 12.6. The van der Waals surface area contributed by atoms with Gasteiger partial charge in [0.2, 0.25) is 0 Å². The number of alkyl halides is 3. The quantitative estimate of drug-likeness (QED) is 0.287. The van der Waals surface area contributed by atoms with Gasteiger partial charge >= 0.3 is 6.18 Å². The minimum Gasteiger partial charge on any atom is -0.507 e. The largest absolute Gasteiger partial charge is 0.507 e. The van der Waals surface area contributed by atoms with Gasteiger partial charge in [-0.1, -0.05) is 41.4 Å². The predicted molar refractivity (Wildman–Crippen MR) is 149 cm³/mol. The van der Waals surface area contributed by atoms with Crippen molar-refractivity contribution in [3.05, 3.63) is 86.6 Å². The third kappa shape index (κ3) is 4.31. The highest BCUT2D eigenvalue weighted by atomic mass is 35.5. The van der Waals surface area contributed by atoms with E-state index in [2.05, 4.69) is 4.98 Å². The van der Waals surface area contributed by atoms with E-state index in [-0.39, 0.29) is 51.9 Å². The van der Waals surface area contributed by atoms with E-state index in [0.29, 0.717) is 22.8 Å². The molecular formula is C31H25ClF3N3O5. The van der Waals surface area contributed by atoms with Crippen molar-refractivity contribution >= 4 is 40.8 Å². The van der Waals surface area contributed by atoms with Gasteiger partial charge in [0.05, 0.1) is 16.9 Å². The normalized spacial score (nSPS) is 25.3. The third-order valence-electron chi connectivity index (χ3n) is 8.85. The van der Waals surface area contributed by atoms with Gasteiger partial charge in [-0.3, -0.25) is 24.2 Å². The van der Waals surface area contributed by atoms with Gasteiger partial charge in [0.25, 0.3) is 11.8 Å². The number of benzene rings is 1. The zero-order valence-electron chi connectivity index (χ0n) is 23.2. The summed E-state index contributed by atoms with van der Waals surface area (Å²) in [5.74, 6) is -5.86. The summed E-state index contributed by atoms with van der Waals surface area (Å²) < 4.78 is 40.2. The Morgan fingerprint density at radius 2 is 1.77 bits per heavy atom. The van der Waals surface area contributed by atoms with E-state index in [1.54, 1.807) is 38.1 Å². The number of carbonyl (C=O) groups is 4. The fourth-order valence-corrected chi connectivity index (χ4v) is 7.05. The smallest absolute Gasteiger partial charge is 0.433 e. The zero-order chi connectivity index (χ0) is 31.1. The topological polar surface area (TPSA) is 108 Å². The maximum atomic E-state index is 14.0. The maximum absolute atomic E-state index is 14.0. The Morgan fingerprint density at radius 3 is 2.47 bits per heavy atom. The first kappa shape index (κ1) is 28.9. The van der Waals surface area contributed by atoms with Gasteiger partial charge in [-0.15, -0.1) is 0 Å². The van der Waals surface area contributed by atoms with Crippen molar-refractivity contribution < 1.29 is 37.5 Å². The van der Waals surface area contributed by atoms with Crippen molar-refractivity contribution in [3.63, 3.8) is 0 Å². The highest BCUT2D eigenvalue weighted by Gasteiger charge is 2.58. The molecular weight excluding hydrogens is 587 g/mol. The number of phenolic OH excluding ortho intramolecular Hbond substituents is 1. The lowest BCUT2D eigenvalue weighted by Crippen LogP contribution is -2.46. The molecule has 4 atom stereocenters. The number of rotatable bonds is 3. The van der Waals surface area contributed by atoms with E-state index < -0.39 is 53.2 Å². The number of fused-ring (bicyclic) bond motifs is 3. The molecule has 1 N–H and O–H groups in total. The fraction of sp³-hybridized carbons (Fsp3) is 0.323. The van der Waals surface area contributed by atoms with Crippen LogP contribution in [0.2, 0.25) is 5.02 Å². The van der Waals surface area contributed by atoms with Gasteiger partial charge in [-0.2, -0.15) is 18.2 Å². The third-order valence-corrected chi connectivity index (χ3v) is 9.14. The highest BCUT2D eigenvalue weighted by molar-refractivity contribution is 6.33. The molecule has 222 valence electrons. The van der Waals surface area contributed by atoms with Crippen LogP contribution in [0.25, 0.3) is 0 Å². The van der Waals surface area contributed by atoms with E-state index in [4.69, 9.17) is 11.6 Å². The van der Waals surface area contributed by atoms with Gasteiger partial charge in [0, 0.05) is 35.2 Å². The number of phenols is 1. The summed E-state index contributed by atoms with van der Waals surface area (Å²) in [6.45, 7) is 3.26. The highest BCUT2D eigenvalue weighted by Crippen LogP contribution is 2.56. The van der Waals surface area contributed by atoms with Gasteiger partial charge in [-0.05, 0) is 56.4 Å². The number of halogens is 4. The number of carbonyl (C=O) groups excluding carboxylic acids is 4. The molecule has 2 heterocycles. The van der Waals surface area contributed by atoms with E-state index in [1.165, 1.54) is 13.1 Å². The summed E-state index contributed by atoms with van der Waals surface area (Å²) in [6, 6.07) is 6.80. The van der Waals surface area contributed by atoms with Crippen LogP contribution in [-0.4, -0.2) is 45.5 Å². The monoisotopic (exact) mass is 611 g/mol. The first-order valence-electron chi connectivity index (χ1n) is 13.6. The van der Waals surface area contributed by atoms with Crippen molar-refractivity contribution in [2.24, 2.45) is 17.8 Å². The standard InChI is InChI=1S/C31H25ClF3N3O5/c1-13-5-4-6-16(26(13)40)23-15-7-8-17-24(18(15)12-19-21(39)11-14(2)27(41)25(19)23)30(43)38(29(17)42)37(3)28-20(32)9-10-22(36-28)31(33,34)35/h4-7,9-11,17-18,23-24,40H,8,12H2,1-3H3/t17-,18+,23+,24-/m0/s1. The van der Waals surface area contributed by atoms with Crippen LogP contribution >= 0.6 is 11.6 Å². The van der Waals surface area contributed by atoms with Crippen molar-refractivity contribution in [2.75, 3.05) is 12.1 Å². The Balaban J connectivity index is 1.45. The molecule has 1 aliphatic heterocycles. The number of pyridine rings is 1. The molecule has 8 nitrogen and oxygen atoms in total. The van der Waals surface area contributed by atoms with Gasteiger partial charge in [-0.25, -0.2) is 4.98 Å². The molecule has 0 spiro atoms. The lowest BCUT2D eigenvalue weighted by molar-refractivity contribution is -0.141. The molecule has 1 fully saturated rings. The van der Waals surface area contributed by atoms with Crippen molar-refractivity contribution in [1.29, 1.82) is 0 Å². The molecule has 43 heavy (non-hydrogen) atoms. The molecule has 0 bridgehead atoms. The second-order valence-corrected chi connectivity index (χ2v) is 11.7. The minimum absolute atomic E-state index is 0.0128. The molecule has 1 saturated heterocycles. The summed E-state index contributed by atoms with van der Waals surface area (Å²) in [4.78, 5) is 58.1. The number of amides is 2. The Kier molecular flexibility index (Phi) is 6.64. The first-order valence-corrected chi connectivity index (χ1v) is 13.9.